The molecule has 14 heterocycles. The van der Waals surface area contributed by atoms with Crippen molar-refractivity contribution in [2.75, 3.05) is 65.8 Å². The van der Waals surface area contributed by atoms with E-state index in [9.17, 15) is 0 Å². The van der Waals surface area contributed by atoms with Crippen molar-refractivity contribution in [1.29, 1.82) is 0 Å². The van der Waals surface area contributed by atoms with Crippen molar-refractivity contribution >= 4 is 137 Å². The summed E-state index contributed by atoms with van der Waals surface area (Å²) < 4.78 is 0. The van der Waals surface area contributed by atoms with Crippen molar-refractivity contribution in [2.45, 2.75) is 26.8 Å². The summed E-state index contributed by atoms with van der Waals surface area (Å²) in [6, 6.07) is 95.2. The van der Waals surface area contributed by atoms with Crippen LogP contribution in [0, 0.1) is 83.3 Å². The van der Waals surface area contributed by atoms with Gasteiger partial charge in [0.25, 0.3) is 0 Å². The molecule has 0 aliphatic carbocycles. The smallest absolute Gasteiger partial charge is 0.130 e. The summed E-state index contributed by atoms with van der Waals surface area (Å²) >= 11 is 1.68. The molecular formula is C92H71Ir6N25S-12. The third-order valence-corrected chi connectivity index (χ3v) is 19.7. The summed E-state index contributed by atoms with van der Waals surface area (Å²) in [4.78, 5) is 79.9. The van der Waals surface area contributed by atoms with Crippen molar-refractivity contribution in [3.63, 3.8) is 0 Å². The number of benzene rings is 8. The number of aromatic nitrogens is 13. The van der Waals surface area contributed by atoms with Crippen LogP contribution in [0.25, 0.3) is 0 Å². The topological polar surface area (TPSA) is 206 Å². The number of pyridine rings is 1. The van der Waals surface area contributed by atoms with E-state index < -0.39 is 0 Å². The van der Waals surface area contributed by atoms with E-state index in [0.717, 1.165) is 125 Å². The monoisotopic (exact) mass is 2720 g/mol. The molecule has 25 nitrogen and oxygen atoms in total. The molecule has 6 aliphatic rings. The first-order chi connectivity index (χ1) is 58.3. The molecule has 0 amide bonds. The Morgan fingerprint density at radius 1 is 0.290 bits per heavy atom. The molecule has 8 aromatic heterocycles. The minimum absolute atomic E-state index is 0. The third-order valence-electron chi connectivity index (χ3n) is 18.9. The van der Waals surface area contributed by atoms with Crippen LogP contribution in [0.15, 0.2) is 317 Å². The SMILES string of the molecule is CC(C)N1[CH-]N(c2[c-]cccc2)c2cncnc21.CN1[CH-]N(c2[c-]cccc2)c2cncnc21.Cc1ccccc1N1[CH-]N(c2[c-]cccc2)c2cncnc21.[Ir].[Ir].[Ir].[Ir].[Ir].[Ir].[c-]1ccccc1N1[CH-]N(c2ccccc2)c2ncncc21.[c-]1ccccc1N1[CH-]N(c2ccccn2)c2ncncc21.[c-]1ccccc1N1[CH-]N(c2cccs2)c2cncnc21. The molecule has 0 fully saturated rings. The van der Waals surface area contributed by atoms with Crippen LogP contribution < -0.4 is 58.8 Å². The van der Waals surface area contributed by atoms with Crippen molar-refractivity contribution in [3.8, 4) is 0 Å². The fraction of sp³-hybridized carbons (Fsp3) is 0.0543. The van der Waals surface area contributed by atoms with Crippen LogP contribution in [0.5, 0.6) is 0 Å². The van der Waals surface area contributed by atoms with Gasteiger partial charge in [0.2, 0.25) is 0 Å². The summed E-state index contributed by atoms with van der Waals surface area (Å²) in [5, 5.41) is 3.20. The molecule has 16 aromatic rings. The summed E-state index contributed by atoms with van der Waals surface area (Å²) in [7, 11) is 1.97. The number of nitrogens with zero attached hydrogens (tertiary/aromatic N) is 25. The van der Waals surface area contributed by atoms with Gasteiger partial charge in [0.15, 0.2) is 0 Å². The van der Waals surface area contributed by atoms with Crippen LogP contribution in [0.1, 0.15) is 19.4 Å². The number of hydrogen-bond acceptors (Lipinski definition) is 26. The van der Waals surface area contributed by atoms with Crippen LogP contribution in [-0.4, -0.2) is 77.9 Å². The average Bonchev–Trinajstić information content (AvgIpc) is 1.65. The van der Waals surface area contributed by atoms with E-state index in [2.05, 4.69) is 194 Å². The van der Waals surface area contributed by atoms with Gasteiger partial charge < -0.3 is 58.8 Å². The van der Waals surface area contributed by atoms with Gasteiger partial charge in [-0.3, -0.25) is 0 Å². The van der Waals surface area contributed by atoms with Gasteiger partial charge in [-0.25, -0.2) is 64.8 Å². The fourth-order valence-electron chi connectivity index (χ4n) is 13.3. The number of fused-ring (bicyclic) bond motifs is 6. The standard InChI is InChI=1S/C18H14N4.C17H12N4.C16H11N5.C15H10N4S.C14H14N4.C12H10N4.6Ir/c1-14-7-5-6-10-16(14)22-13-21(15-8-3-2-4-9-15)17-11-19-12-20-18(17)22;1-3-7-14(8-4-1)20-13-21(15-9-5-2-6-10-15)17-16(20)11-18-12-19-17;1-2-6-13(7-3-1)20-12-21(15-8-4-5-9-18-15)16-14(20)10-17-11-19-16;1-2-5-12(6-3-1)18-11-19(14-7-4-8-20-14)13-9-16-10-17-15(13)18;1-11(2)17-10-18(12-6-4-3-5-7-12)13-8-15-9-16-14(13)17;1-15-9-16(10-5-3-2-4-6-10)11-7-13-8-14-12(11)15;;;;;;/h2-8,10-13H,1H3;1-7,9-13H;1-6,8-12H;1-5,7-11H;3-6,8-11H,1-2H3;2-5,7-9H,1H3;;;;;;/q6*-2;;;;;;. The zero-order valence-electron chi connectivity index (χ0n) is 66.2. The van der Waals surface area contributed by atoms with Crippen LogP contribution in [0.3, 0.4) is 0 Å². The Kier molecular flexibility index (Phi) is 33.7. The zero-order chi connectivity index (χ0) is 79.9. The summed E-state index contributed by atoms with van der Waals surface area (Å²) in [5.74, 6) is 6.09. The number of rotatable bonds is 11. The first-order valence-electron chi connectivity index (χ1n) is 37.5. The summed E-state index contributed by atoms with van der Waals surface area (Å²) in [6.45, 7) is 18.4. The van der Waals surface area contributed by atoms with Crippen LogP contribution >= 0.6 is 11.3 Å². The molecule has 0 N–H and O–H groups in total. The Hall–Kier alpha value is -11.4. The van der Waals surface area contributed by atoms with Crippen molar-refractivity contribution in [2.24, 2.45) is 0 Å². The molecule has 8 aromatic carbocycles. The number of para-hydroxylation sites is 8. The summed E-state index contributed by atoms with van der Waals surface area (Å²) in [6.07, 6.45) is 22.1. The minimum Gasteiger partial charge on any atom is -0.491 e. The van der Waals surface area contributed by atoms with Gasteiger partial charge in [-0.1, -0.05) is 42.5 Å². The Morgan fingerprint density at radius 2 is 0.637 bits per heavy atom. The van der Waals surface area contributed by atoms with Crippen LogP contribution in [0.4, 0.5) is 125 Å². The van der Waals surface area contributed by atoms with E-state index in [1.54, 1.807) is 61.7 Å². The Labute approximate surface area is 806 Å². The maximum absolute atomic E-state index is 4.46. The molecule has 6 radical (unpaired) electrons. The Bertz CT molecular complexity index is 5680. The predicted octanol–water partition coefficient (Wildman–Crippen LogP) is 19.2. The van der Waals surface area contributed by atoms with E-state index in [1.807, 2.05) is 301 Å². The molecule has 0 atom stereocenters. The van der Waals surface area contributed by atoms with Gasteiger partial charge in [-0.05, 0) is 87.3 Å². The van der Waals surface area contributed by atoms with E-state index in [0.29, 0.717) is 6.04 Å². The van der Waals surface area contributed by atoms with Crippen molar-refractivity contribution in [3.05, 3.63) is 399 Å². The maximum atomic E-state index is 4.46. The number of thiophene rings is 1. The molecular weight excluding hydrogens is 2640 g/mol. The molecule has 22 rings (SSSR count). The van der Waals surface area contributed by atoms with Gasteiger partial charge in [-0.15, -0.1) is 78.8 Å². The van der Waals surface area contributed by atoms with E-state index in [1.165, 1.54) is 5.56 Å². The van der Waals surface area contributed by atoms with Gasteiger partial charge >= 0.3 is 0 Å². The maximum Gasteiger partial charge on any atom is 0.130 e. The second-order valence-electron chi connectivity index (χ2n) is 26.6. The largest absolute Gasteiger partial charge is 0.491 e. The second-order valence-corrected chi connectivity index (χ2v) is 27.6. The molecule has 636 valence electrons. The first kappa shape index (κ1) is 93.3. The Balaban J connectivity index is 0.000000144. The number of aryl methyl sites for hydroxylation is 1. The normalized spacial score (nSPS) is 12.9. The molecule has 6 aliphatic heterocycles. The third kappa shape index (κ3) is 20.8. The quantitative estimate of drug-likeness (QED) is 0.110. The summed E-state index contributed by atoms with van der Waals surface area (Å²) in [5.41, 5.74) is 15.0. The molecule has 0 bridgehead atoms. The molecule has 0 saturated heterocycles. The molecule has 124 heavy (non-hydrogen) atoms. The second kappa shape index (κ2) is 44.8. The van der Waals surface area contributed by atoms with Gasteiger partial charge in [0.05, 0.1) is 76.3 Å². The number of hydrogen-bond donors (Lipinski definition) is 0. The Morgan fingerprint density at radius 3 is 1.06 bits per heavy atom. The fourth-order valence-corrected chi connectivity index (χ4v) is 14.1. The molecule has 0 saturated carbocycles. The van der Waals surface area contributed by atoms with Gasteiger partial charge in [0, 0.05) is 138 Å². The number of anilines is 22. The van der Waals surface area contributed by atoms with Crippen molar-refractivity contribution < 1.29 is 121 Å². The first-order valence-corrected chi connectivity index (χ1v) is 38.3. The van der Waals surface area contributed by atoms with E-state index >= 15 is 0 Å². The molecule has 0 unspecified atom stereocenters. The van der Waals surface area contributed by atoms with E-state index in [-0.39, 0.29) is 121 Å². The molecule has 32 heteroatoms. The van der Waals surface area contributed by atoms with Crippen LogP contribution in [0.2, 0.25) is 0 Å². The average molecular weight is 2710 g/mol. The van der Waals surface area contributed by atoms with Gasteiger partial charge in [0.1, 0.15) is 78.7 Å². The van der Waals surface area contributed by atoms with Crippen molar-refractivity contribution in [1.82, 2.24) is 64.8 Å². The van der Waals surface area contributed by atoms with Gasteiger partial charge in [-0.2, -0.15) is 189 Å². The van der Waals surface area contributed by atoms with E-state index in [4.69, 9.17) is 0 Å². The van der Waals surface area contributed by atoms with Crippen LogP contribution in [-0.2, 0) is 121 Å². The zero-order valence-corrected chi connectivity index (χ0v) is 81.3. The predicted molar refractivity (Wildman–Crippen MR) is 463 cm³/mol. The molecule has 0 spiro atoms. The minimum atomic E-state index is 0.